The molecule has 1 aliphatic heterocycles. The molecule has 24 heavy (non-hydrogen) atoms. The van der Waals surface area contributed by atoms with Crippen LogP contribution in [0.3, 0.4) is 0 Å². The molecule has 4 rings (SSSR count). The summed E-state index contributed by atoms with van der Waals surface area (Å²) >= 11 is 0. The van der Waals surface area contributed by atoms with Crippen molar-refractivity contribution in [2.45, 2.75) is 44.4 Å². The highest BCUT2D eigenvalue weighted by atomic mass is 16.6. The van der Waals surface area contributed by atoms with Gasteiger partial charge in [0.2, 0.25) is 6.10 Å². The Kier molecular flexibility index (Phi) is 3.89. The van der Waals surface area contributed by atoms with Gasteiger partial charge in [-0.1, -0.05) is 36.4 Å². The molecule has 0 aromatic heterocycles. The van der Waals surface area contributed by atoms with E-state index in [9.17, 15) is 4.79 Å². The zero-order valence-electron chi connectivity index (χ0n) is 13.7. The molecule has 2 aliphatic rings. The number of carbonyl (C=O) groups excluding carboxylic acids is 1. The summed E-state index contributed by atoms with van der Waals surface area (Å²) in [6.07, 6.45) is 2.17. The van der Waals surface area contributed by atoms with Crippen molar-refractivity contribution in [2.24, 2.45) is 0 Å². The van der Waals surface area contributed by atoms with Crippen molar-refractivity contribution in [3.05, 3.63) is 59.7 Å². The zero-order valence-corrected chi connectivity index (χ0v) is 13.7. The van der Waals surface area contributed by atoms with Crippen LogP contribution in [0.4, 0.5) is 0 Å². The number of aryl methyl sites for hydroxylation is 1. The molecule has 2 aromatic rings. The summed E-state index contributed by atoms with van der Waals surface area (Å²) in [5.41, 5.74) is 2.55. The van der Waals surface area contributed by atoms with Crippen molar-refractivity contribution < 1.29 is 14.3 Å². The van der Waals surface area contributed by atoms with E-state index in [1.54, 1.807) is 0 Å². The molecule has 0 saturated heterocycles. The Morgan fingerprint density at radius 3 is 2.58 bits per heavy atom. The lowest BCUT2D eigenvalue weighted by Gasteiger charge is -2.33. The van der Waals surface area contributed by atoms with Crippen LogP contribution < -0.4 is 14.8 Å². The molecular formula is C20H21NO3. The van der Waals surface area contributed by atoms with Gasteiger partial charge in [0.1, 0.15) is 6.10 Å². The topological polar surface area (TPSA) is 47.6 Å². The van der Waals surface area contributed by atoms with Crippen molar-refractivity contribution in [3.63, 3.8) is 0 Å². The van der Waals surface area contributed by atoms with E-state index in [0.29, 0.717) is 11.5 Å². The summed E-state index contributed by atoms with van der Waals surface area (Å²) in [5, 5.41) is 3.16. The lowest BCUT2D eigenvalue weighted by molar-refractivity contribution is -0.134. The van der Waals surface area contributed by atoms with Gasteiger partial charge in [-0.05, 0) is 49.4 Å². The Morgan fingerprint density at radius 2 is 1.75 bits per heavy atom. The molecule has 3 atom stereocenters. The minimum atomic E-state index is -0.631. The summed E-state index contributed by atoms with van der Waals surface area (Å²) in [7, 11) is 0. The first kappa shape index (κ1) is 15.1. The summed E-state index contributed by atoms with van der Waals surface area (Å²) in [6, 6.07) is 15.9. The minimum absolute atomic E-state index is 0.0513. The molecule has 0 radical (unpaired) electrons. The van der Waals surface area contributed by atoms with E-state index in [0.717, 1.165) is 19.3 Å². The van der Waals surface area contributed by atoms with Gasteiger partial charge >= 0.3 is 0 Å². The number of fused-ring (bicyclic) bond motifs is 2. The Labute approximate surface area is 141 Å². The monoisotopic (exact) mass is 323 g/mol. The first-order valence-corrected chi connectivity index (χ1v) is 8.53. The van der Waals surface area contributed by atoms with Gasteiger partial charge < -0.3 is 14.8 Å². The van der Waals surface area contributed by atoms with Crippen molar-refractivity contribution in [1.82, 2.24) is 5.32 Å². The molecule has 1 N–H and O–H groups in total. The zero-order chi connectivity index (χ0) is 16.5. The number of ether oxygens (including phenoxy) is 2. The third kappa shape index (κ3) is 2.73. The van der Waals surface area contributed by atoms with Crippen LogP contribution in [0.5, 0.6) is 11.5 Å². The molecule has 2 aromatic carbocycles. The van der Waals surface area contributed by atoms with Crippen LogP contribution in [0, 0.1) is 0 Å². The van der Waals surface area contributed by atoms with Crippen LogP contribution in [0.1, 0.15) is 36.9 Å². The quantitative estimate of drug-likeness (QED) is 0.921. The van der Waals surface area contributed by atoms with Crippen LogP contribution in [0.25, 0.3) is 0 Å². The van der Waals surface area contributed by atoms with Gasteiger partial charge in [-0.2, -0.15) is 0 Å². The van der Waals surface area contributed by atoms with E-state index in [1.165, 1.54) is 11.1 Å². The first-order chi connectivity index (χ1) is 11.7. The van der Waals surface area contributed by atoms with Gasteiger partial charge in [0.15, 0.2) is 11.5 Å². The summed E-state index contributed by atoms with van der Waals surface area (Å²) < 4.78 is 11.7. The van der Waals surface area contributed by atoms with E-state index >= 15 is 0 Å². The highest BCUT2D eigenvalue weighted by molar-refractivity contribution is 5.82. The maximum atomic E-state index is 12.8. The van der Waals surface area contributed by atoms with Crippen LogP contribution in [-0.2, 0) is 11.2 Å². The second-order valence-corrected chi connectivity index (χ2v) is 6.46. The first-order valence-electron chi connectivity index (χ1n) is 8.53. The van der Waals surface area contributed by atoms with Crippen LogP contribution in [0.15, 0.2) is 48.5 Å². The van der Waals surface area contributed by atoms with Gasteiger partial charge in [0.25, 0.3) is 5.91 Å². The second kappa shape index (κ2) is 6.19. The molecule has 0 unspecified atom stereocenters. The standard InChI is InChI=1S/C20H21NO3/c1-13-19(24-18-12-5-4-11-17(18)23-13)20(22)21-16-10-6-8-14-7-2-3-9-15(14)16/h2-5,7,9,11-13,16,19H,6,8,10H2,1H3,(H,21,22)/t13-,16-,19+/m0/s1. The van der Waals surface area contributed by atoms with Gasteiger partial charge in [0, 0.05) is 0 Å². The highest BCUT2D eigenvalue weighted by Gasteiger charge is 2.35. The van der Waals surface area contributed by atoms with Crippen molar-refractivity contribution in [1.29, 1.82) is 0 Å². The van der Waals surface area contributed by atoms with Crippen molar-refractivity contribution in [3.8, 4) is 11.5 Å². The molecule has 0 spiro atoms. The second-order valence-electron chi connectivity index (χ2n) is 6.46. The summed E-state index contributed by atoms with van der Waals surface area (Å²) in [6.45, 7) is 1.87. The van der Waals surface area contributed by atoms with E-state index < -0.39 is 6.10 Å². The molecular weight excluding hydrogens is 302 g/mol. The van der Waals surface area contributed by atoms with Gasteiger partial charge in [0.05, 0.1) is 6.04 Å². The molecule has 0 fully saturated rings. The van der Waals surface area contributed by atoms with E-state index in [1.807, 2.05) is 37.3 Å². The van der Waals surface area contributed by atoms with Crippen LogP contribution in [0.2, 0.25) is 0 Å². The fourth-order valence-corrected chi connectivity index (χ4v) is 3.56. The smallest absolute Gasteiger partial charge is 0.265 e. The molecule has 124 valence electrons. The fraction of sp³-hybridized carbons (Fsp3) is 0.350. The number of para-hydroxylation sites is 2. The average molecular weight is 323 g/mol. The third-order valence-corrected chi connectivity index (χ3v) is 4.79. The Bertz CT molecular complexity index is 758. The lowest BCUT2D eigenvalue weighted by Crippen LogP contribution is -2.50. The third-order valence-electron chi connectivity index (χ3n) is 4.79. The number of benzene rings is 2. The predicted octanol–water partition coefficient (Wildman–Crippen LogP) is 3.41. The molecule has 1 amide bonds. The molecule has 4 heteroatoms. The molecule has 1 aliphatic carbocycles. The lowest BCUT2D eigenvalue weighted by atomic mass is 9.87. The SMILES string of the molecule is C[C@@H]1Oc2ccccc2O[C@H]1C(=O)N[C@H]1CCCc2ccccc21. The molecule has 1 heterocycles. The largest absolute Gasteiger partial charge is 0.482 e. The number of rotatable bonds is 2. The minimum Gasteiger partial charge on any atom is -0.482 e. The van der Waals surface area contributed by atoms with Gasteiger partial charge in [-0.15, -0.1) is 0 Å². The average Bonchev–Trinajstić information content (AvgIpc) is 2.61. The highest BCUT2D eigenvalue weighted by Crippen LogP contribution is 2.34. The number of hydrogen-bond acceptors (Lipinski definition) is 3. The van der Waals surface area contributed by atoms with E-state index in [-0.39, 0.29) is 18.1 Å². The van der Waals surface area contributed by atoms with Gasteiger partial charge in [-0.3, -0.25) is 4.79 Å². The maximum absolute atomic E-state index is 12.8. The fourth-order valence-electron chi connectivity index (χ4n) is 3.56. The number of hydrogen-bond donors (Lipinski definition) is 1. The summed E-state index contributed by atoms with van der Waals surface area (Å²) in [5.74, 6) is 1.20. The number of carbonyl (C=O) groups is 1. The number of nitrogens with one attached hydrogen (secondary N) is 1. The number of amides is 1. The van der Waals surface area contributed by atoms with Crippen LogP contribution >= 0.6 is 0 Å². The Morgan fingerprint density at radius 1 is 1.04 bits per heavy atom. The Balaban J connectivity index is 1.51. The van der Waals surface area contributed by atoms with Gasteiger partial charge in [-0.25, -0.2) is 0 Å². The molecule has 0 bridgehead atoms. The summed E-state index contributed by atoms with van der Waals surface area (Å²) in [4.78, 5) is 12.8. The van der Waals surface area contributed by atoms with Crippen molar-refractivity contribution >= 4 is 5.91 Å². The van der Waals surface area contributed by atoms with Crippen LogP contribution in [-0.4, -0.2) is 18.1 Å². The van der Waals surface area contributed by atoms with Crippen molar-refractivity contribution in [2.75, 3.05) is 0 Å². The predicted molar refractivity (Wildman–Crippen MR) is 91.2 cm³/mol. The normalized spacial score (nSPS) is 24.8. The molecule has 0 saturated carbocycles. The van der Waals surface area contributed by atoms with E-state index in [4.69, 9.17) is 9.47 Å². The Hall–Kier alpha value is -2.49. The molecule has 4 nitrogen and oxygen atoms in total. The maximum Gasteiger partial charge on any atom is 0.265 e. The van der Waals surface area contributed by atoms with E-state index in [2.05, 4.69) is 23.5 Å².